The normalized spacial score (nSPS) is 12.1. The maximum Gasteiger partial charge on any atom is 0.231 e. The Morgan fingerprint density at radius 1 is 0.880 bits per heavy atom. The zero-order chi connectivity index (χ0) is 17.6. The molecule has 1 aliphatic rings. The fourth-order valence-corrected chi connectivity index (χ4v) is 2.88. The molecule has 1 heterocycles. The van der Waals surface area contributed by atoms with Gasteiger partial charge in [-0.25, -0.2) is 0 Å². The van der Waals surface area contributed by atoms with Crippen molar-refractivity contribution in [1.29, 1.82) is 0 Å². The Morgan fingerprint density at radius 3 is 2.40 bits per heavy atom. The number of benzene rings is 2. The van der Waals surface area contributed by atoms with Gasteiger partial charge < -0.3 is 29.0 Å². The molecule has 0 bridgehead atoms. The molecule has 2 aromatic rings. The molecular weight excluding hydrogens is 322 g/mol. The molecule has 0 fully saturated rings. The van der Waals surface area contributed by atoms with E-state index in [4.69, 9.17) is 23.7 Å². The number of rotatable bonds is 8. The molecule has 6 nitrogen and oxygen atoms in total. The fraction of sp³-hybridized carbons (Fsp3) is 0.368. The summed E-state index contributed by atoms with van der Waals surface area (Å²) in [4.78, 5) is 0. The van der Waals surface area contributed by atoms with Gasteiger partial charge in [0, 0.05) is 12.0 Å². The largest absolute Gasteiger partial charge is 0.493 e. The summed E-state index contributed by atoms with van der Waals surface area (Å²) >= 11 is 0. The van der Waals surface area contributed by atoms with Gasteiger partial charge in [0.15, 0.2) is 23.0 Å². The Morgan fingerprint density at radius 2 is 1.64 bits per heavy atom. The van der Waals surface area contributed by atoms with Crippen LogP contribution in [-0.2, 0) is 13.0 Å². The fourth-order valence-electron chi connectivity index (χ4n) is 2.88. The SMILES string of the molecule is COc1ccc(CC[NH2+]Cc2cc(OC)c3c(c2)OCO3)cc1OC. The van der Waals surface area contributed by atoms with Crippen LogP contribution in [0.3, 0.4) is 0 Å². The lowest BCUT2D eigenvalue weighted by atomic mass is 10.1. The standard InChI is InChI=1S/C19H23NO5/c1-21-15-5-4-13(8-16(15)22-2)6-7-20-11-14-9-17(23-3)19-18(10-14)24-12-25-19/h4-5,8-10,20H,6-7,11-12H2,1-3H3/p+1. The molecule has 2 N–H and O–H groups in total. The minimum Gasteiger partial charge on any atom is -0.493 e. The van der Waals surface area contributed by atoms with E-state index < -0.39 is 0 Å². The smallest absolute Gasteiger partial charge is 0.231 e. The van der Waals surface area contributed by atoms with Crippen LogP contribution in [0, 0.1) is 0 Å². The lowest BCUT2D eigenvalue weighted by Crippen LogP contribution is -2.83. The van der Waals surface area contributed by atoms with Crippen molar-refractivity contribution in [2.24, 2.45) is 0 Å². The average molecular weight is 346 g/mol. The summed E-state index contributed by atoms with van der Waals surface area (Å²) in [6, 6.07) is 10.0. The minimum atomic E-state index is 0.248. The second-order valence-corrected chi connectivity index (χ2v) is 5.75. The summed E-state index contributed by atoms with van der Waals surface area (Å²) in [7, 11) is 4.94. The van der Waals surface area contributed by atoms with Crippen LogP contribution in [0.25, 0.3) is 0 Å². The van der Waals surface area contributed by atoms with E-state index in [-0.39, 0.29) is 6.79 Å². The van der Waals surface area contributed by atoms with Crippen LogP contribution in [0.15, 0.2) is 30.3 Å². The van der Waals surface area contributed by atoms with Gasteiger partial charge in [0.2, 0.25) is 12.5 Å². The molecule has 0 atom stereocenters. The third-order valence-electron chi connectivity index (χ3n) is 4.18. The topological polar surface area (TPSA) is 62.8 Å². The first-order valence-corrected chi connectivity index (χ1v) is 8.24. The lowest BCUT2D eigenvalue weighted by Gasteiger charge is -2.10. The van der Waals surface area contributed by atoms with E-state index in [1.807, 2.05) is 24.3 Å². The van der Waals surface area contributed by atoms with Crippen LogP contribution in [0.2, 0.25) is 0 Å². The zero-order valence-electron chi connectivity index (χ0n) is 14.8. The number of nitrogens with two attached hydrogens (primary N) is 1. The first kappa shape index (κ1) is 17.2. The highest BCUT2D eigenvalue weighted by Gasteiger charge is 2.20. The molecule has 1 aliphatic heterocycles. The molecule has 0 saturated carbocycles. The molecule has 0 radical (unpaired) electrons. The number of quaternary nitrogens is 1. The molecule has 2 aromatic carbocycles. The van der Waals surface area contributed by atoms with Gasteiger partial charge in [-0.3, -0.25) is 0 Å². The number of hydrogen-bond acceptors (Lipinski definition) is 5. The van der Waals surface area contributed by atoms with Crippen LogP contribution in [0.4, 0.5) is 0 Å². The number of fused-ring (bicyclic) bond motifs is 1. The van der Waals surface area contributed by atoms with Gasteiger partial charge in [0.25, 0.3) is 0 Å². The zero-order valence-corrected chi connectivity index (χ0v) is 14.8. The third kappa shape index (κ3) is 3.91. The van der Waals surface area contributed by atoms with Crippen LogP contribution in [0.1, 0.15) is 11.1 Å². The van der Waals surface area contributed by atoms with Crippen molar-refractivity contribution in [2.75, 3.05) is 34.7 Å². The van der Waals surface area contributed by atoms with E-state index in [1.165, 1.54) is 5.56 Å². The van der Waals surface area contributed by atoms with Crippen LogP contribution < -0.4 is 29.0 Å². The summed E-state index contributed by atoms with van der Waals surface area (Å²) in [6.45, 7) is 2.06. The third-order valence-corrected chi connectivity index (χ3v) is 4.18. The second kappa shape index (κ2) is 7.98. The Kier molecular flexibility index (Phi) is 5.50. The Bertz CT molecular complexity index is 732. The van der Waals surface area contributed by atoms with Gasteiger partial charge >= 0.3 is 0 Å². The Balaban J connectivity index is 1.55. The highest BCUT2D eigenvalue weighted by Crippen LogP contribution is 2.41. The number of ether oxygens (including phenoxy) is 5. The lowest BCUT2D eigenvalue weighted by molar-refractivity contribution is -0.670. The first-order chi connectivity index (χ1) is 12.2. The van der Waals surface area contributed by atoms with Gasteiger partial charge in [0.1, 0.15) is 6.54 Å². The average Bonchev–Trinajstić information content (AvgIpc) is 3.13. The summed E-state index contributed by atoms with van der Waals surface area (Å²) in [6.07, 6.45) is 0.946. The van der Waals surface area contributed by atoms with Crippen molar-refractivity contribution in [1.82, 2.24) is 0 Å². The number of methoxy groups -OCH3 is 3. The predicted molar refractivity (Wildman–Crippen MR) is 92.9 cm³/mol. The molecular formula is C19H24NO5+. The van der Waals surface area contributed by atoms with Crippen LogP contribution >= 0.6 is 0 Å². The molecule has 134 valence electrons. The van der Waals surface area contributed by atoms with Gasteiger partial charge in [0.05, 0.1) is 27.9 Å². The van der Waals surface area contributed by atoms with Crippen molar-refractivity contribution in [2.45, 2.75) is 13.0 Å². The molecule has 6 heteroatoms. The molecule has 3 rings (SSSR count). The van der Waals surface area contributed by atoms with Crippen LogP contribution in [0.5, 0.6) is 28.7 Å². The quantitative estimate of drug-likeness (QED) is 0.738. The van der Waals surface area contributed by atoms with E-state index in [2.05, 4.69) is 11.4 Å². The van der Waals surface area contributed by atoms with E-state index in [0.29, 0.717) is 5.75 Å². The highest BCUT2D eigenvalue weighted by molar-refractivity contribution is 5.54. The maximum absolute atomic E-state index is 5.46. The van der Waals surface area contributed by atoms with Crippen molar-refractivity contribution in [3.63, 3.8) is 0 Å². The summed E-state index contributed by atoms with van der Waals surface area (Å²) in [5.74, 6) is 3.68. The van der Waals surface area contributed by atoms with Crippen molar-refractivity contribution >= 4 is 0 Å². The molecule has 0 aliphatic carbocycles. The monoisotopic (exact) mass is 346 g/mol. The van der Waals surface area contributed by atoms with Gasteiger partial charge in [-0.15, -0.1) is 0 Å². The van der Waals surface area contributed by atoms with Gasteiger partial charge in [-0.05, 0) is 29.8 Å². The highest BCUT2D eigenvalue weighted by atomic mass is 16.7. The van der Waals surface area contributed by atoms with Crippen molar-refractivity contribution in [3.05, 3.63) is 41.5 Å². The maximum atomic E-state index is 5.46. The van der Waals surface area contributed by atoms with E-state index >= 15 is 0 Å². The molecule has 0 saturated heterocycles. The molecule has 0 unspecified atom stereocenters. The molecule has 0 spiro atoms. The van der Waals surface area contributed by atoms with Gasteiger partial charge in [-0.2, -0.15) is 0 Å². The second-order valence-electron chi connectivity index (χ2n) is 5.75. The molecule has 25 heavy (non-hydrogen) atoms. The van der Waals surface area contributed by atoms with Gasteiger partial charge in [-0.1, -0.05) is 6.07 Å². The predicted octanol–water partition coefficient (Wildman–Crippen LogP) is 1.75. The van der Waals surface area contributed by atoms with E-state index in [9.17, 15) is 0 Å². The molecule has 0 amide bonds. The summed E-state index contributed by atoms with van der Waals surface area (Å²) in [5, 5.41) is 2.26. The summed E-state index contributed by atoms with van der Waals surface area (Å²) < 4.78 is 26.9. The van der Waals surface area contributed by atoms with Crippen molar-refractivity contribution in [3.8, 4) is 28.7 Å². The van der Waals surface area contributed by atoms with Crippen LogP contribution in [-0.4, -0.2) is 34.7 Å². The van der Waals surface area contributed by atoms with E-state index in [1.54, 1.807) is 21.3 Å². The Labute approximate surface area is 147 Å². The summed E-state index contributed by atoms with van der Waals surface area (Å²) in [5.41, 5.74) is 2.37. The van der Waals surface area contributed by atoms with E-state index in [0.717, 1.165) is 48.1 Å². The minimum absolute atomic E-state index is 0.248. The molecule has 0 aromatic heterocycles. The number of hydrogen-bond donors (Lipinski definition) is 1. The first-order valence-electron chi connectivity index (χ1n) is 8.24. The Hall–Kier alpha value is -2.60. The van der Waals surface area contributed by atoms with Crippen molar-refractivity contribution < 1.29 is 29.0 Å².